The standard InChI is InChI=1S/C18H20BrNO5S/c1-24-12-11-20(18(21)15-5-7-16(19)8-6-15)13-14-3-9-17(10-4-14)25-26(2,22)23/h3-10H,11-13H2,1-2H3. The zero-order valence-electron chi connectivity index (χ0n) is 14.5. The van der Waals surface area contributed by atoms with Crippen LogP contribution in [0.4, 0.5) is 0 Å². The Labute approximate surface area is 162 Å². The molecule has 0 aromatic heterocycles. The number of carbonyl (C=O) groups is 1. The highest BCUT2D eigenvalue weighted by molar-refractivity contribution is 9.10. The van der Waals surface area contributed by atoms with Gasteiger partial charge >= 0.3 is 10.1 Å². The Balaban J connectivity index is 2.14. The summed E-state index contributed by atoms with van der Waals surface area (Å²) in [5.41, 5.74) is 1.44. The number of amides is 1. The Morgan fingerprint density at radius 1 is 1.08 bits per heavy atom. The molecule has 2 aromatic carbocycles. The van der Waals surface area contributed by atoms with Gasteiger partial charge in [0.1, 0.15) is 5.75 Å². The Morgan fingerprint density at radius 2 is 1.69 bits per heavy atom. The molecule has 0 radical (unpaired) electrons. The van der Waals surface area contributed by atoms with Crippen LogP contribution < -0.4 is 4.18 Å². The molecular weight excluding hydrogens is 422 g/mol. The van der Waals surface area contributed by atoms with Gasteiger partial charge in [0.05, 0.1) is 12.9 Å². The summed E-state index contributed by atoms with van der Waals surface area (Å²) in [6, 6.07) is 13.7. The summed E-state index contributed by atoms with van der Waals surface area (Å²) in [7, 11) is -1.98. The van der Waals surface area contributed by atoms with E-state index in [-0.39, 0.29) is 11.7 Å². The largest absolute Gasteiger partial charge is 0.383 e. The molecule has 0 aliphatic heterocycles. The zero-order chi connectivity index (χ0) is 19.2. The van der Waals surface area contributed by atoms with E-state index in [1.807, 2.05) is 12.1 Å². The molecule has 2 rings (SSSR count). The second-order valence-electron chi connectivity index (χ2n) is 5.66. The number of nitrogens with zero attached hydrogens (tertiary/aromatic N) is 1. The maximum absolute atomic E-state index is 12.8. The van der Waals surface area contributed by atoms with Crippen molar-refractivity contribution in [3.8, 4) is 5.75 Å². The molecule has 0 bridgehead atoms. The fourth-order valence-electron chi connectivity index (χ4n) is 2.27. The molecule has 0 saturated carbocycles. The van der Waals surface area contributed by atoms with Gasteiger partial charge in [-0.2, -0.15) is 8.42 Å². The van der Waals surface area contributed by atoms with Crippen molar-refractivity contribution in [1.82, 2.24) is 4.90 Å². The summed E-state index contributed by atoms with van der Waals surface area (Å²) in [6.45, 7) is 1.22. The van der Waals surface area contributed by atoms with Gasteiger partial charge in [0.15, 0.2) is 0 Å². The second-order valence-corrected chi connectivity index (χ2v) is 8.15. The maximum atomic E-state index is 12.8. The minimum atomic E-state index is -3.56. The van der Waals surface area contributed by atoms with Crippen LogP contribution in [-0.2, 0) is 21.4 Å². The predicted molar refractivity (Wildman–Crippen MR) is 103 cm³/mol. The van der Waals surface area contributed by atoms with E-state index in [9.17, 15) is 13.2 Å². The minimum Gasteiger partial charge on any atom is -0.383 e. The zero-order valence-corrected chi connectivity index (χ0v) is 16.9. The van der Waals surface area contributed by atoms with Crippen molar-refractivity contribution in [2.24, 2.45) is 0 Å². The fourth-order valence-corrected chi connectivity index (χ4v) is 3.00. The van der Waals surface area contributed by atoms with E-state index in [0.717, 1.165) is 16.3 Å². The summed E-state index contributed by atoms with van der Waals surface area (Å²) in [5, 5.41) is 0. The first-order valence-electron chi connectivity index (χ1n) is 7.80. The normalized spacial score (nSPS) is 11.2. The van der Waals surface area contributed by atoms with E-state index in [0.29, 0.717) is 25.3 Å². The lowest BCUT2D eigenvalue weighted by atomic mass is 10.1. The van der Waals surface area contributed by atoms with E-state index in [1.165, 1.54) is 0 Å². The molecule has 0 heterocycles. The van der Waals surface area contributed by atoms with Gasteiger partial charge in [-0.25, -0.2) is 0 Å². The molecule has 140 valence electrons. The van der Waals surface area contributed by atoms with E-state index < -0.39 is 10.1 Å². The number of methoxy groups -OCH3 is 1. The SMILES string of the molecule is COCCN(Cc1ccc(OS(C)(=O)=O)cc1)C(=O)c1ccc(Br)cc1. The van der Waals surface area contributed by atoms with Crippen molar-refractivity contribution < 1.29 is 22.1 Å². The number of halogens is 1. The number of hydrogen-bond donors (Lipinski definition) is 0. The molecule has 1 amide bonds. The molecule has 2 aromatic rings. The third-order valence-corrected chi connectivity index (χ3v) is 4.51. The Bertz CT molecular complexity index is 835. The Morgan fingerprint density at radius 3 is 2.23 bits per heavy atom. The predicted octanol–water partition coefficient (Wildman–Crippen LogP) is 3.08. The van der Waals surface area contributed by atoms with Gasteiger partial charge in [-0.05, 0) is 42.0 Å². The highest BCUT2D eigenvalue weighted by Crippen LogP contribution is 2.17. The number of ether oxygens (including phenoxy) is 1. The molecule has 26 heavy (non-hydrogen) atoms. The van der Waals surface area contributed by atoms with Crippen LogP contribution in [-0.4, -0.2) is 45.7 Å². The molecule has 0 fully saturated rings. The molecular formula is C18H20BrNO5S. The van der Waals surface area contributed by atoms with Crippen molar-refractivity contribution in [1.29, 1.82) is 0 Å². The lowest BCUT2D eigenvalue weighted by Gasteiger charge is -2.23. The van der Waals surface area contributed by atoms with Crippen LogP contribution in [0.5, 0.6) is 5.75 Å². The summed E-state index contributed by atoms with van der Waals surface area (Å²) in [6.07, 6.45) is 0.990. The average Bonchev–Trinajstić information content (AvgIpc) is 2.59. The lowest BCUT2D eigenvalue weighted by Crippen LogP contribution is -2.33. The van der Waals surface area contributed by atoms with Gasteiger partial charge < -0.3 is 13.8 Å². The van der Waals surface area contributed by atoms with Crippen molar-refractivity contribution in [2.45, 2.75) is 6.54 Å². The minimum absolute atomic E-state index is 0.106. The smallest absolute Gasteiger partial charge is 0.306 e. The number of benzene rings is 2. The van der Waals surface area contributed by atoms with Gasteiger partial charge in [0.2, 0.25) is 0 Å². The second kappa shape index (κ2) is 9.16. The molecule has 8 heteroatoms. The van der Waals surface area contributed by atoms with Crippen molar-refractivity contribution in [3.63, 3.8) is 0 Å². The highest BCUT2D eigenvalue weighted by Gasteiger charge is 2.16. The first kappa shape index (κ1) is 20.4. The Hall–Kier alpha value is -1.90. The summed E-state index contributed by atoms with van der Waals surface area (Å²) in [5.74, 6) is 0.130. The van der Waals surface area contributed by atoms with Crippen LogP contribution in [0.3, 0.4) is 0 Å². The van der Waals surface area contributed by atoms with Crippen molar-refractivity contribution >= 4 is 32.0 Å². The van der Waals surface area contributed by atoms with Crippen LogP contribution in [0.1, 0.15) is 15.9 Å². The third kappa shape index (κ3) is 6.44. The molecule has 0 aliphatic rings. The summed E-state index contributed by atoms with van der Waals surface area (Å²) >= 11 is 3.36. The molecule has 0 saturated heterocycles. The van der Waals surface area contributed by atoms with Crippen molar-refractivity contribution in [2.75, 3.05) is 26.5 Å². The summed E-state index contributed by atoms with van der Waals surface area (Å²) in [4.78, 5) is 14.5. The van der Waals surface area contributed by atoms with E-state index >= 15 is 0 Å². The molecule has 0 unspecified atom stereocenters. The average molecular weight is 442 g/mol. The van der Waals surface area contributed by atoms with Gasteiger partial charge in [-0.1, -0.05) is 28.1 Å². The molecule has 6 nitrogen and oxygen atoms in total. The first-order chi connectivity index (χ1) is 12.3. The van der Waals surface area contributed by atoms with Crippen LogP contribution in [0.15, 0.2) is 53.0 Å². The molecule has 0 aliphatic carbocycles. The third-order valence-electron chi connectivity index (χ3n) is 3.49. The van der Waals surface area contributed by atoms with Crippen LogP contribution in [0.25, 0.3) is 0 Å². The van der Waals surface area contributed by atoms with Crippen LogP contribution in [0.2, 0.25) is 0 Å². The van der Waals surface area contributed by atoms with Gasteiger partial charge in [-0.3, -0.25) is 4.79 Å². The van der Waals surface area contributed by atoms with Crippen LogP contribution in [0, 0.1) is 0 Å². The van der Waals surface area contributed by atoms with E-state index in [4.69, 9.17) is 8.92 Å². The molecule has 0 spiro atoms. The number of rotatable bonds is 8. The number of carbonyl (C=O) groups excluding carboxylic acids is 1. The van der Waals surface area contributed by atoms with Gasteiger partial charge in [-0.15, -0.1) is 0 Å². The maximum Gasteiger partial charge on any atom is 0.306 e. The van der Waals surface area contributed by atoms with E-state index in [1.54, 1.807) is 48.4 Å². The van der Waals surface area contributed by atoms with Crippen molar-refractivity contribution in [3.05, 3.63) is 64.1 Å². The quantitative estimate of drug-likeness (QED) is 0.588. The van der Waals surface area contributed by atoms with Gasteiger partial charge in [0.25, 0.3) is 5.91 Å². The highest BCUT2D eigenvalue weighted by atomic mass is 79.9. The first-order valence-corrected chi connectivity index (χ1v) is 10.4. The van der Waals surface area contributed by atoms with E-state index in [2.05, 4.69) is 15.9 Å². The fraction of sp³-hybridized carbons (Fsp3) is 0.278. The molecule has 0 N–H and O–H groups in total. The molecule has 0 atom stereocenters. The topological polar surface area (TPSA) is 72.9 Å². The lowest BCUT2D eigenvalue weighted by molar-refractivity contribution is 0.0680. The summed E-state index contributed by atoms with van der Waals surface area (Å²) < 4.78 is 33.1. The van der Waals surface area contributed by atoms with Crippen LogP contribution >= 0.6 is 15.9 Å². The monoisotopic (exact) mass is 441 g/mol. The number of hydrogen-bond acceptors (Lipinski definition) is 5. The van der Waals surface area contributed by atoms with Gasteiger partial charge in [0, 0.05) is 30.2 Å². The Kier molecular flexibility index (Phi) is 7.19.